The van der Waals surface area contributed by atoms with Gasteiger partial charge in [-0.25, -0.2) is 4.39 Å². The van der Waals surface area contributed by atoms with Crippen molar-refractivity contribution in [3.05, 3.63) is 24.8 Å². The minimum atomic E-state index is -0.733. The summed E-state index contributed by atoms with van der Waals surface area (Å²) in [5.41, 5.74) is 5.96. The summed E-state index contributed by atoms with van der Waals surface area (Å²) in [5, 5.41) is 9.57. The van der Waals surface area contributed by atoms with Crippen LogP contribution in [0.4, 0.5) is 4.39 Å². The van der Waals surface area contributed by atoms with E-state index < -0.39 is 12.7 Å². The molecular formula is C8H8FI2NO. The number of rotatable bonds is 2. The van der Waals surface area contributed by atoms with Crippen molar-refractivity contribution in [2.45, 2.75) is 6.04 Å². The van der Waals surface area contributed by atoms with Gasteiger partial charge >= 0.3 is 0 Å². The maximum Gasteiger partial charge on any atom is 0.133 e. The molecule has 0 aromatic heterocycles. The van der Waals surface area contributed by atoms with Crippen LogP contribution in [0.15, 0.2) is 12.1 Å². The zero-order valence-electron chi connectivity index (χ0n) is 6.60. The fourth-order valence-electron chi connectivity index (χ4n) is 0.952. The Bertz CT molecular complexity index is 319. The molecule has 0 aliphatic carbocycles. The lowest BCUT2D eigenvalue weighted by Crippen LogP contribution is -2.12. The summed E-state index contributed by atoms with van der Waals surface area (Å²) in [5.74, 6) is 0.0890. The number of aromatic hydroxyl groups is 1. The van der Waals surface area contributed by atoms with E-state index in [1.54, 1.807) is 6.07 Å². The predicted molar refractivity (Wildman–Crippen MR) is 66.4 cm³/mol. The van der Waals surface area contributed by atoms with E-state index in [0.717, 1.165) is 3.57 Å². The van der Waals surface area contributed by atoms with E-state index in [-0.39, 0.29) is 5.75 Å². The third-order valence-electron chi connectivity index (χ3n) is 1.62. The van der Waals surface area contributed by atoms with Crippen LogP contribution in [-0.4, -0.2) is 11.8 Å². The lowest BCUT2D eigenvalue weighted by atomic mass is 10.1. The molecule has 0 aliphatic heterocycles. The van der Waals surface area contributed by atoms with Crippen molar-refractivity contribution in [2.75, 3.05) is 6.67 Å². The van der Waals surface area contributed by atoms with Crippen LogP contribution in [0, 0.1) is 7.14 Å². The van der Waals surface area contributed by atoms with E-state index in [9.17, 15) is 9.50 Å². The van der Waals surface area contributed by atoms with E-state index in [2.05, 4.69) is 22.6 Å². The summed E-state index contributed by atoms with van der Waals surface area (Å²) < 4.78 is 13.9. The zero-order valence-corrected chi connectivity index (χ0v) is 10.9. The van der Waals surface area contributed by atoms with Gasteiger partial charge in [-0.3, -0.25) is 0 Å². The van der Waals surface area contributed by atoms with E-state index >= 15 is 0 Å². The first kappa shape index (κ1) is 11.4. The van der Waals surface area contributed by atoms with Crippen LogP contribution < -0.4 is 5.73 Å². The highest BCUT2D eigenvalue weighted by Gasteiger charge is 2.13. The van der Waals surface area contributed by atoms with Gasteiger partial charge in [-0.15, -0.1) is 0 Å². The molecule has 0 saturated heterocycles. The Morgan fingerprint density at radius 1 is 1.46 bits per heavy atom. The Kier molecular flexibility index (Phi) is 4.17. The van der Waals surface area contributed by atoms with Gasteiger partial charge in [-0.1, -0.05) is 0 Å². The smallest absolute Gasteiger partial charge is 0.133 e. The van der Waals surface area contributed by atoms with Gasteiger partial charge in [0.2, 0.25) is 0 Å². The number of phenols is 1. The molecule has 72 valence electrons. The van der Waals surface area contributed by atoms with Crippen molar-refractivity contribution in [2.24, 2.45) is 5.73 Å². The highest BCUT2D eigenvalue weighted by Crippen LogP contribution is 2.30. The Labute approximate surface area is 103 Å². The molecule has 0 amide bonds. The van der Waals surface area contributed by atoms with Crippen molar-refractivity contribution >= 4 is 45.2 Å². The molecule has 0 bridgehead atoms. The number of nitrogens with two attached hydrogens (primary N) is 1. The average molecular weight is 407 g/mol. The topological polar surface area (TPSA) is 46.2 Å². The van der Waals surface area contributed by atoms with E-state index in [1.807, 2.05) is 28.7 Å². The van der Waals surface area contributed by atoms with Crippen molar-refractivity contribution in [3.63, 3.8) is 0 Å². The van der Waals surface area contributed by atoms with Crippen LogP contribution in [0.2, 0.25) is 0 Å². The molecule has 5 heteroatoms. The Morgan fingerprint density at radius 3 is 2.62 bits per heavy atom. The maximum atomic E-state index is 12.3. The van der Waals surface area contributed by atoms with Crippen LogP contribution in [0.1, 0.15) is 11.6 Å². The highest BCUT2D eigenvalue weighted by atomic mass is 127. The predicted octanol–water partition coefficient (Wildman–Crippen LogP) is 2.57. The van der Waals surface area contributed by atoms with Crippen LogP contribution in [0.5, 0.6) is 5.75 Å². The maximum absolute atomic E-state index is 12.3. The number of hydrogen-bond acceptors (Lipinski definition) is 2. The van der Waals surface area contributed by atoms with Crippen LogP contribution in [0.25, 0.3) is 0 Å². The minimum absolute atomic E-state index is 0.0890. The summed E-state index contributed by atoms with van der Waals surface area (Å²) in [6.07, 6.45) is 0. The van der Waals surface area contributed by atoms with Gasteiger partial charge in [0.05, 0.1) is 9.61 Å². The first-order chi connectivity index (χ1) is 6.06. The van der Waals surface area contributed by atoms with Crippen molar-refractivity contribution in [1.82, 2.24) is 0 Å². The van der Waals surface area contributed by atoms with Gasteiger partial charge < -0.3 is 10.8 Å². The zero-order chi connectivity index (χ0) is 10.0. The van der Waals surface area contributed by atoms with Crippen LogP contribution in [0.3, 0.4) is 0 Å². The normalized spacial score (nSPS) is 12.9. The summed E-state index contributed by atoms with van der Waals surface area (Å²) >= 11 is 4.10. The molecule has 1 aromatic rings. The molecule has 0 heterocycles. The second-order valence-electron chi connectivity index (χ2n) is 2.59. The van der Waals surface area contributed by atoms with Gasteiger partial charge in [-0.05, 0) is 57.3 Å². The second-order valence-corrected chi connectivity index (χ2v) is 4.99. The lowest BCUT2D eigenvalue weighted by Gasteiger charge is -2.11. The number of benzene rings is 1. The molecule has 0 radical (unpaired) electrons. The van der Waals surface area contributed by atoms with Gasteiger partial charge in [0.15, 0.2) is 0 Å². The monoisotopic (exact) mass is 407 g/mol. The molecule has 0 saturated carbocycles. The number of alkyl halides is 1. The summed E-state index contributed by atoms with van der Waals surface area (Å²) in [6, 6.07) is 2.77. The molecule has 1 atom stereocenters. The van der Waals surface area contributed by atoms with Crippen LogP contribution in [-0.2, 0) is 0 Å². The highest BCUT2D eigenvalue weighted by molar-refractivity contribution is 14.1. The van der Waals surface area contributed by atoms with Gasteiger partial charge in [0.1, 0.15) is 12.4 Å². The lowest BCUT2D eigenvalue weighted by molar-refractivity contribution is 0.413. The molecule has 2 nitrogen and oxygen atoms in total. The number of phenolic OH excluding ortho intramolecular Hbond substituents is 1. The van der Waals surface area contributed by atoms with E-state index in [0.29, 0.717) is 9.13 Å². The summed E-state index contributed by atoms with van der Waals surface area (Å²) in [6.45, 7) is -0.663. The minimum Gasteiger partial charge on any atom is -0.506 e. The quantitative estimate of drug-likeness (QED) is 0.741. The molecule has 1 aromatic carbocycles. The SMILES string of the molecule is N[C@H](CF)c1cc(I)cc(I)c1O. The van der Waals surface area contributed by atoms with Crippen molar-refractivity contribution in [1.29, 1.82) is 0 Å². The standard InChI is InChI=1S/C8H8FI2NO/c9-3-7(12)5-1-4(10)2-6(11)8(5)13/h1-2,7,13H,3,12H2/t7-/m1/s1. The Morgan fingerprint density at radius 2 is 2.08 bits per heavy atom. The molecule has 0 unspecified atom stereocenters. The van der Waals surface area contributed by atoms with Crippen LogP contribution >= 0.6 is 45.2 Å². The second kappa shape index (κ2) is 4.74. The molecule has 3 N–H and O–H groups in total. The van der Waals surface area contributed by atoms with E-state index in [1.165, 1.54) is 0 Å². The third-order valence-corrected chi connectivity index (χ3v) is 3.07. The molecular weight excluding hydrogens is 399 g/mol. The molecule has 0 aliphatic rings. The van der Waals surface area contributed by atoms with Gasteiger partial charge in [0.25, 0.3) is 0 Å². The summed E-state index contributed by atoms with van der Waals surface area (Å²) in [7, 11) is 0. The number of halogens is 3. The molecule has 0 spiro atoms. The fraction of sp³-hybridized carbons (Fsp3) is 0.250. The van der Waals surface area contributed by atoms with Crippen molar-refractivity contribution in [3.8, 4) is 5.75 Å². The largest absolute Gasteiger partial charge is 0.506 e. The first-order valence-corrected chi connectivity index (χ1v) is 5.71. The van der Waals surface area contributed by atoms with Crippen molar-refractivity contribution < 1.29 is 9.50 Å². The average Bonchev–Trinajstić information content (AvgIpc) is 2.10. The Balaban J connectivity index is 3.20. The molecule has 1 rings (SSSR count). The molecule has 13 heavy (non-hydrogen) atoms. The van der Waals surface area contributed by atoms with Gasteiger partial charge in [-0.2, -0.15) is 0 Å². The Hall–Kier alpha value is 0.370. The fourth-order valence-corrected chi connectivity index (χ4v) is 2.84. The summed E-state index contributed by atoms with van der Waals surface area (Å²) in [4.78, 5) is 0. The number of hydrogen-bond donors (Lipinski definition) is 2. The molecule has 0 fully saturated rings. The van der Waals surface area contributed by atoms with Gasteiger partial charge in [0, 0.05) is 9.13 Å². The van der Waals surface area contributed by atoms with E-state index in [4.69, 9.17) is 5.73 Å². The first-order valence-electron chi connectivity index (χ1n) is 3.55. The third kappa shape index (κ3) is 2.66.